The molecule has 3 heterocycles. The van der Waals surface area contributed by atoms with E-state index in [9.17, 15) is 19.2 Å². The average molecular weight is 480 g/mol. The van der Waals surface area contributed by atoms with Crippen LogP contribution in [0.25, 0.3) is 0 Å². The molecule has 0 aromatic carbocycles. The van der Waals surface area contributed by atoms with Gasteiger partial charge < -0.3 is 24.5 Å². The van der Waals surface area contributed by atoms with Crippen molar-refractivity contribution in [3.05, 3.63) is 0 Å². The van der Waals surface area contributed by atoms with Crippen LogP contribution in [-0.4, -0.2) is 88.6 Å². The Morgan fingerprint density at radius 2 is 1.21 bits per heavy atom. The van der Waals surface area contributed by atoms with Gasteiger partial charge in [0.05, 0.1) is 0 Å². The van der Waals surface area contributed by atoms with Crippen molar-refractivity contribution < 1.29 is 29.0 Å². The fourth-order valence-electron chi connectivity index (χ4n) is 5.26. The molecule has 0 spiro atoms. The van der Waals surface area contributed by atoms with Crippen LogP contribution in [0.2, 0.25) is 0 Å². The topological polar surface area (TPSA) is 107 Å². The minimum absolute atomic E-state index is 0.0443. The van der Waals surface area contributed by atoms with Gasteiger partial charge in [-0.25, -0.2) is 4.79 Å². The summed E-state index contributed by atoms with van der Waals surface area (Å²) in [5.74, 6) is -0.0614. The van der Waals surface area contributed by atoms with E-state index in [-0.39, 0.29) is 42.1 Å². The molecule has 3 fully saturated rings. The molecule has 0 unspecified atom stereocenters. The highest BCUT2D eigenvalue weighted by Crippen LogP contribution is 2.27. The first kappa shape index (κ1) is 26.3. The SMILES string of the molecule is CC(C)(C)OC(=O)N1CCC(CC(=O)N2CCC(C(=O)N3CCC(CC(=O)O)CC3)CC2)CC1. The molecule has 3 aliphatic heterocycles. The number of amides is 3. The second kappa shape index (κ2) is 11.4. The number of ether oxygens (including phenoxy) is 1. The van der Waals surface area contributed by atoms with E-state index in [2.05, 4.69) is 0 Å². The van der Waals surface area contributed by atoms with Crippen molar-refractivity contribution in [2.45, 2.75) is 77.7 Å². The van der Waals surface area contributed by atoms with Crippen molar-refractivity contribution in [1.29, 1.82) is 0 Å². The van der Waals surface area contributed by atoms with Crippen LogP contribution in [0.15, 0.2) is 0 Å². The number of carboxylic acid groups (broad SMARTS) is 1. The molecule has 9 nitrogen and oxygen atoms in total. The second-order valence-corrected chi connectivity index (χ2v) is 11.1. The van der Waals surface area contributed by atoms with Crippen LogP contribution in [0.5, 0.6) is 0 Å². The van der Waals surface area contributed by atoms with E-state index in [0.29, 0.717) is 58.5 Å². The van der Waals surface area contributed by atoms with Crippen molar-refractivity contribution in [2.24, 2.45) is 17.8 Å². The van der Waals surface area contributed by atoms with E-state index in [1.54, 1.807) is 4.90 Å². The zero-order valence-corrected chi connectivity index (χ0v) is 21.0. The Labute approximate surface area is 202 Å². The lowest BCUT2D eigenvalue weighted by atomic mass is 9.90. The first-order chi connectivity index (χ1) is 16.0. The highest BCUT2D eigenvalue weighted by Gasteiger charge is 2.34. The number of carboxylic acids is 1. The molecule has 1 N–H and O–H groups in total. The molecule has 3 aliphatic rings. The molecule has 0 saturated carbocycles. The van der Waals surface area contributed by atoms with Crippen molar-refractivity contribution in [3.63, 3.8) is 0 Å². The van der Waals surface area contributed by atoms with Gasteiger partial charge in [0.25, 0.3) is 0 Å². The number of hydrogen-bond donors (Lipinski definition) is 1. The number of aliphatic carboxylic acids is 1. The third kappa shape index (κ3) is 7.60. The van der Waals surface area contributed by atoms with Gasteiger partial charge in [0.1, 0.15) is 5.60 Å². The number of hydrogen-bond acceptors (Lipinski definition) is 5. The normalized spacial score (nSPS) is 21.4. The fourth-order valence-corrected chi connectivity index (χ4v) is 5.26. The van der Waals surface area contributed by atoms with Crippen LogP contribution in [-0.2, 0) is 19.1 Å². The van der Waals surface area contributed by atoms with Gasteiger partial charge in [-0.3, -0.25) is 14.4 Å². The predicted molar refractivity (Wildman–Crippen MR) is 126 cm³/mol. The average Bonchev–Trinajstić information content (AvgIpc) is 2.78. The Bertz CT molecular complexity index is 740. The fraction of sp³-hybridized carbons (Fsp3) is 0.840. The Hall–Kier alpha value is -2.32. The second-order valence-electron chi connectivity index (χ2n) is 11.1. The molecular weight excluding hydrogens is 438 g/mol. The summed E-state index contributed by atoms with van der Waals surface area (Å²) in [6.45, 7) is 9.31. The Balaban J connectivity index is 1.35. The van der Waals surface area contributed by atoms with Gasteiger partial charge in [0.15, 0.2) is 0 Å². The van der Waals surface area contributed by atoms with Gasteiger partial charge in [-0.05, 0) is 71.1 Å². The molecule has 192 valence electrons. The van der Waals surface area contributed by atoms with Crippen LogP contribution in [0.3, 0.4) is 0 Å². The van der Waals surface area contributed by atoms with Gasteiger partial charge in [0, 0.05) is 58.0 Å². The van der Waals surface area contributed by atoms with Crippen LogP contribution in [0, 0.1) is 17.8 Å². The summed E-state index contributed by atoms with van der Waals surface area (Å²) in [5, 5.41) is 8.95. The van der Waals surface area contributed by atoms with Gasteiger partial charge >= 0.3 is 12.1 Å². The molecule has 0 aromatic heterocycles. The number of nitrogens with zero attached hydrogens (tertiary/aromatic N) is 3. The third-order valence-corrected chi connectivity index (χ3v) is 7.32. The van der Waals surface area contributed by atoms with E-state index in [4.69, 9.17) is 9.84 Å². The molecule has 0 radical (unpaired) electrons. The van der Waals surface area contributed by atoms with Crippen molar-refractivity contribution in [3.8, 4) is 0 Å². The van der Waals surface area contributed by atoms with Gasteiger partial charge in [-0.1, -0.05) is 0 Å². The Morgan fingerprint density at radius 1 is 0.735 bits per heavy atom. The summed E-state index contributed by atoms with van der Waals surface area (Å²) in [6, 6.07) is 0. The van der Waals surface area contributed by atoms with Crippen molar-refractivity contribution >= 4 is 23.9 Å². The van der Waals surface area contributed by atoms with Crippen LogP contribution in [0.4, 0.5) is 4.79 Å². The maximum Gasteiger partial charge on any atom is 0.410 e. The molecular formula is C25H41N3O6. The van der Waals surface area contributed by atoms with E-state index >= 15 is 0 Å². The smallest absolute Gasteiger partial charge is 0.410 e. The molecule has 3 amide bonds. The van der Waals surface area contributed by atoms with Gasteiger partial charge in [-0.15, -0.1) is 0 Å². The first-order valence-corrected chi connectivity index (χ1v) is 12.8. The summed E-state index contributed by atoms with van der Waals surface area (Å²) in [5.41, 5.74) is -0.506. The number of carbonyl (C=O) groups is 4. The lowest BCUT2D eigenvalue weighted by Crippen LogP contribution is -2.47. The van der Waals surface area contributed by atoms with E-state index in [1.807, 2.05) is 30.6 Å². The number of piperidine rings is 3. The van der Waals surface area contributed by atoms with E-state index in [1.165, 1.54) is 0 Å². The summed E-state index contributed by atoms with van der Waals surface area (Å²) in [7, 11) is 0. The minimum atomic E-state index is -0.768. The number of carbonyl (C=O) groups excluding carboxylic acids is 3. The highest BCUT2D eigenvalue weighted by molar-refractivity contribution is 5.80. The van der Waals surface area contributed by atoms with E-state index in [0.717, 1.165) is 25.7 Å². The van der Waals surface area contributed by atoms with Gasteiger partial charge in [-0.2, -0.15) is 0 Å². The number of rotatable bonds is 5. The molecule has 0 aliphatic carbocycles. The zero-order chi connectivity index (χ0) is 24.9. The molecule has 9 heteroatoms. The molecule has 3 rings (SSSR count). The molecule has 0 bridgehead atoms. The lowest BCUT2D eigenvalue weighted by molar-refractivity contribution is -0.143. The van der Waals surface area contributed by atoms with Crippen LogP contribution < -0.4 is 0 Å². The summed E-state index contributed by atoms with van der Waals surface area (Å²) in [6.07, 6.45) is 4.89. The van der Waals surface area contributed by atoms with Gasteiger partial charge in [0.2, 0.25) is 11.8 Å². The third-order valence-electron chi connectivity index (χ3n) is 7.32. The zero-order valence-electron chi connectivity index (χ0n) is 21.0. The molecule has 34 heavy (non-hydrogen) atoms. The van der Waals surface area contributed by atoms with Crippen LogP contribution >= 0.6 is 0 Å². The van der Waals surface area contributed by atoms with Crippen LogP contribution in [0.1, 0.15) is 72.1 Å². The van der Waals surface area contributed by atoms with E-state index < -0.39 is 11.6 Å². The molecule has 3 saturated heterocycles. The lowest BCUT2D eigenvalue weighted by Gasteiger charge is -2.38. The first-order valence-electron chi connectivity index (χ1n) is 12.8. The maximum atomic E-state index is 12.9. The Kier molecular flexibility index (Phi) is 8.82. The molecule has 0 aromatic rings. The summed E-state index contributed by atoms with van der Waals surface area (Å²) < 4.78 is 5.44. The standard InChI is InChI=1S/C25H41N3O6/c1-25(2,3)34-24(33)28-12-6-18(7-13-28)16-21(29)26-14-8-20(9-15-26)23(32)27-10-4-19(5-11-27)17-22(30)31/h18-20H,4-17H2,1-3H3,(H,30,31). The number of likely N-dealkylation sites (tertiary alicyclic amines) is 3. The van der Waals surface area contributed by atoms with Crippen molar-refractivity contribution in [2.75, 3.05) is 39.3 Å². The maximum absolute atomic E-state index is 12.9. The van der Waals surface area contributed by atoms with Crippen molar-refractivity contribution in [1.82, 2.24) is 14.7 Å². The minimum Gasteiger partial charge on any atom is -0.481 e. The predicted octanol–water partition coefficient (Wildman–Crippen LogP) is 2.98. The highest BCUT2D eigenvalue weighted by atomic mass is 16.6. The summed E-state index contributed by atoms with van der Waals surface area (Å²) in [4.78, 5) is 54.4. The largest absolute Gasteiger partial charge is 0.481 e. The summed E-state index contributed by atoms with van der Waals surface area (Å²) >= 11 is 0. The monoisotopic (exact) mass is 479 g/mol. The quantitative estimate of drug-likeness (QED) is 0.650. The molecule has 0 atom stereocenters. The Morgan fingerprint density at radius 3 is 1.71 bits per heavy atom.